The molecular weight excluding hydrogens is 370 g/mol. The summed E-state index contributed by atoms with van der Waals surface area (Å²) in [5, 5.41) is 2.92. The van der Waals surface area contributed by atoms with Crippen LogP contribution in [-0.2, 0) is 0 Å². The van der Waals surface area contributed by atoms with Crippen molar-refractivity contribution in [1.82, 2.24) is 8.43 Å². The molecule has 1 N–H and O–H groups in total. The quantitative estimate of drug-likeness (QED) is 0.327. The maximum atomic E-state index is 10.7. The minimum absolute atomic E-state index is 0.0644. The Morgan fingerprint density at radius 2 is 2.00 bits per heavy atom. The zero-order valence-electron chi connectivity index (χ0n) is 6.02. The van der Waals surface area contributed by atoms with Crippen LogP contribution in [-0.4, -0.2) is 26.2 Å². The molecule has 0 bridgehead atoms. The van der Waals surface area contributed by atoms with Gasteiger partial charge in [0.15, 0.2) is 0 Å². The van der Waals surface area contributed by atoms with Gasteiger partial charge in [0, 0.05) is 64.6 Å². The average molecular weight is 380 g/mol. The van der Waals surface area contributed by atoms with E-state index in [2.05, 4.69) is 31.3 Å². The van der Waals surface area contributed by atoms with Gasteiger partial charge in [0.1, 0.15) is 0 Å². The van der Waals surface area contributed by atoms with Crippen LogP contribution < -0.4 is 5.32 Å². The average Bonchev–Trinajstić information content (AvgIpc) is 1.93. The zero-order valence-corrected chi connectivity index (χ0v) is 10.3. The van der Waals surface area contributed by atoms with E-state index < -0.39 is 0 Å². The van der Waals surface area contributed by atoms with E-state index >= 15 is 0 Å². The van der Waals surface area contributed by atoms with Crippen molar-refractivity contribution in [3.63, 3.8) is 0 Å². The summed E-state index contributed by atoms with van der Waals surface area (Å²) in [7, 11) is 0. The fourth-order valence-electron chi connectivity index (χ4n) is 1.15. The Labute approximate surface area is 93.9 Å². The number of nitrogens with zero attached hydrogens (tertiary/aromatic N) is 1. The van der Waals surface area contributed by atoms with Gasteiger partial charge in [-0.1, -0.05) is 0 Å². The highest BCUT2D eigenvalue weighted by Crippen LogP contribution is 2.13. The van der Waals surface area contributed by atoms with E-state index in [-0.39, 0.29) is 3.91 Å². The van der Waals surface area contributed by atoms with Crippen molar-refractivity contribution in [2.75, 3.05) is 13.1 Å². The van der Waals surface area contributed by atoms with Gasteiger partial charge in [-0.05, 0) is 12.8 Å². The first kappa shape index (κ1) is 9.97. The summed E-state index contributed by atoms with van der Waals surface area (Å²) < 4.78 is 2.32. The molecule has 3 nitrogen and oxygen atoms in total. The van der Waals surface area contributed by atoms with Gasteiger partial charge in [-0.3, -0.25) is 4.79 Å². The highest BCUT2D eigenvalue weighted by molar-refractivity contribution is 14.1. The summed E-state index contributed by atoms with van der Waals surface area (Å²) in [4.78, 5) is 10.7. The molecule has 0 aromatic heterocycles. The Balaban J connectivity index is 2.22. The molecule has 0 spiro atoms. The molecule has 0 saturated carbocycles. The second-order valence-electron chi connectivity index (χ2n) is 2.60. The summed E-state index contributed by atoms with van der Waals surface area (Å²) in [6.07, 6.45) is 2.16. The van der Waals surface area contributed by atoms with Gasteiger partial charge >= 0.3 is 0 Å². The second-order valence-corrected chi connectivity index (χ2v) is 4.95. The number of nitrogens with one attached hydrogen (secondary N) is 1. The molecule has 1 fully saturated rings. The van der Waals surface area contributed by atoms with E-state index in [1.807, 2.05) is 0 Å². The summed E-state index contributed by atoms with van der Waals surface area (Å²) >= 11 is 4.10. The largest absolute Gasteiger partial charge is 0.345 e. The zero-order chi connectivity index (χ0) is 8.27. The third-order valence-corrected chi connectivity index (χ3v) is 3.03. The van der Waals surface area contributed by atoms with E-state index in [1.54, 1.807) is 22.6 Å². The molecule has 1 heterocycles. The first-order chi connectivity index (χ1) is 5.18. The number of rotatable bonds is 1. The van der Waals surface area contributed by atoms with Crippen molar-refractivity contribution in [2.24, 2.45) is 0 Å². The predicted molar refractivity (Wildman–Crippen MR) is 61.2 cm³/mol. The van der Waals surface area contributed by atoms with E-state index in [4.69, 9.17) is 0 Å². The van der Waals surface area contributed by atoms with Gasteiger partial charge in [-0.15, -0.1) is 0 Å². The fourth-order valence-corrected chi connectivity index (χ4v) is 2.15. The van der Waals surface area contributed by atoms with Crippen molar-refractivity contribution in [3.8, 4) is 0 Å². The van der Waals surface area contributed by atoms with Crippen molar-refractivity contribution in [2.45, 2.75) is 18.9 Å². The van der Waals surface area contributed by atoms with E-state index in [1.165, 1.54) is 0 Å². The van der Waals surface area contributed by atoms with Crippen molar-refractivity contribution in [3.05, 3.63) is 0 Å². The molecule has 5 heteroatoms. The SMILES string of the molecule is O=C(I)NC1CCN(I)CC1. The molecule has 1 amide bonds. The number of amides is 1. The topological polar surface area (TPSA) is 32.3 Å². The Hall–Kier alpha value is 0.890. The molecule has 1 aliphatic rings. The molecular formula is C6H10I2N2O. The smallest absolute Gasteiger partial charge is 0.280 e. The molecule has 0 aromatic rings. The molecule has 0 radical (unpaired) electrons. The van der Waals surface area contributed by atoms with Gasteiger partial charge in [-0.25, -0.2) is 3.11 Å². The molecule has 1 aliphatic heterocycles. The molecule has 1 rings (SSSR count). The number of halogens is 2. The number of carbonyl (C=O) groups is 1. The molecule has 1 saturated heterocycles. The van der Waals surface area contributed by atoms with Crippen LogP contribution in [0.4, 0.5) is 4.79 Å². The monoisotopic (exact) mass is 380 g/mol. The lowest BCUT2D eigenvalue weighted by atomic mass is 10.1. The second kappa shape index (κ2) is 4.80. The predicted octanol–water partition coefficient (Wildman–Crippen LogP) is 1.95. The molecule has 11 heavy (non-hydrogen) atoms. The molecule has 0 atom stereocenters. The van der Waals surface area contributed by atoms with Crippen LogP contribution in [0.3, 0.4) is 0 Å². The molecule has 0 aliphatic carbocycles. The number of hydrogen-bond donors (Lipinski definition) is 1. The van der Waals surface area contributed by atoms with Gasteiger partial charge in [-0.2, -0.15) is 0 Å². The van der Waals surface area contributed by atoms with Gasteiger partial charge < -0.3 is 5.32 Å². The highest BCUT2D eigenvalue weighted by atomic mass is 127. The normalized spacial score (nSPS) is 21.6. The standard InChI is InChI=1S/C6H10I2N2O/c7-6(11)9-5-1-3-10(8)4-2-5/h5H,1-4H2,(H,9,11). The van der Waals surface area contributed by atoms with E-state index in [9.17, 15) is 4.79 Å². The highest BCUT2D eigenvalue weighted by Gasteiger charge is 2.17. The first-order valence-electron chi connectivity index (χ1n) is 3.55. The van der Waals surface area contributed by atoms with Crippen LogP contribution in [0, 0.1) is 0 Å². The van der Waals surface area contributed by atoms with E-state index in [0.29, 0.717) is 6.04 Å². The Bertz CT molecular complexity index is 146. The van der Waals surface area contributed by atoms with Gasteiger partial charge in [0.05, 0.1) is 0 Å². The van der Waals surface area contributed by atoms with Crippen LogP contribution in [0.2, 0.25) is 0 Å². The summed E-state index contributed by atoms with van der Waals surface area (Å²) in [5.41, 5.74) is 0. The first-order valence-corrected chi connectivity index (χ1v) is 5.59. The summed E-state index contributed by atoms with van der Waals surface area (Å²) in [6, 6.07) is 0.408. The maximum absolute atomic E-state index is 10.7. The molecule has 0 aromatic carbocycles. The van der Waals surface area contributed by atoms with Crippen LogP contribution in [0.1, 0.15) is 12.8 Å². The summed E-state index contributed by atoms with van der Waals surface area (Å²) in [6.45, 7) is 2.17. The lowest BCUT2D eigenvalue weighted by Crippen LogP contribution is -2.39. The lowest BCUT2D eigenvalue weighted by Gasteiger charge is -2.27. The lowest BCUT2D eigenvalue weighted by molar-refractivity contribution is 0.253. The Kier molecular flexibility index (Phi) is 4.36. The third kappa shape index (κ3) is 3.88. The van der Waals surface area contributed by atoms with Gasteiger partial charge in [0.2, 0.25) is 0 Å². The van der Waals surface area contributed by atoms with Crippen LogP contribution >= 0.6 is 45.5 Å². The van der Waals surface area contributed by atoms with Crippen molar-refractivity contribution < 1.29 is 4.79 Å². The Morgan fingerprint density at radius 3 is 2.45 bits per heavy atom. The number of piperidine rings is 1. The number of carbonyl (C=O) groups excluding carboxylic acids is 1. The van der Waals surface area contributed by atoms with Crippen molar-refractivity contribution in [1.29, 1.82) is 0 Å². The Morgan fingerprint density at radius 1 is 1.45 bits per heavy atom. The van der Waals surface area contributed by atoms with Crippen molar-refractivity contribution >= 4 is 49.4 Å². The third-order valence-electron chi connectivity index (χ3n) is 1.76. The number of hydrogen-bond acceptors (Lipinski definition) is 2. The molecule has 64 valence electrons. The van der Waals surface area contributed by atoms with Crippen LogP contribution in [0.25, 0.3) is 0 Å². The minimum Gasteiger partial charge on any atom is -0.345 e. The van der Waals surface area contributed by atoms with Gasteiger partial charge in [0.25, 0.3) is 3.91 Å². The summed E-state index contributed by atoms with van der Waals surface area (Å²) in [5.74, 6) is 0. The minimum atomic E-state index is 0.0644. The van der Waals surface area contributed by atoms with E-state index in [0.717, 1.165) is 25.9 Å². The van der Waals surface area contributed by atoms with Crippen LogP contribution in [0.15, 0.2) is 0 Å². The fraction of sp³-hybridized carbons (Fsp3) is 0.833. The van der Waals surface area contributed by atoms with Crippen LogP contribution in [0.5, 0.6) is 0 Å². The maximum Gasteiger partial charge on any atom is 0.280 e. The molecule has 0 unspecified atom stereocenters.